The summed E-state index contributed by atoms with van der Waals surface area (Å²) >= 11 is 0. The third-order valence-corrected chi connectivity index (χ3v) is 4.48. The van der Waals surface area contributed by atoms with E-state index in [1.807, 2.05) is 6.20 Å². The number of benzene rings is 1. The van der Waals surface area contributed by atoms with Gasteiger partial charge in [-0.25, -0.2) is 0 Å². The van der Waals surface area contributed by atoms with Gasteiger partial charge in [-0.1, -0.05) is 18.2 Å². The number of alkyl halides is 3. The van der Waals surface area contributed by atoms with Crippen LogP contribution in [-0.2, 0) is 24.6 Å². The highest BCUT2D eigenvalue weighted by Crippen LogP contribution is 2.32. The smallest absolute Gasteiger partial charge is 0.352 e. The summed E-state index contributed by atoms with van der Waals surface area (Å²) in [6, 6.07) is 5.28. The monoisotopic (exact) mass is 352 g/mol. The Bertz CT molecular complexity index is 756. The Labute approximate surface area is 143 Å². The fourth-order valence-corrected chi connectivity index (χ4v) is 3.20. The highest BCUT2D eigenvalue weighted by atomic mass is 19.4. The van der Waals surface area contributed by atoms with Crippen LogP contribution in [0.15, 0.2) is 36.7 Å². The molecule has 3 rings (SSSR count). The molecule has 0 saturated carbocycles. The minimum absolute atomic E-state index is 0.0356. The summed E-state index contributed by atoms with van der Waals surface area (Å²) < 4.78 is 40.8. The standard InChI is InChI=1S/C17H19F3N4O/c1-24-10-12(7-23-24)13-8-21-9-14(13)16(25)22-6-11-4-2-3-5-15(11)17(18,19)20/h2-5,7,10,13-14,21H,6,8-9H2,1H3,(H,22,25)/t13-,14+/m1/s1. The number of carbonyl (C=O) groups is 1. The molecule has 8 heteroatoms. The zero-order valence-electron chi connectivity index (χ0n) is 13.7. The van der Waals surface area contributed by atoms with E-state index >= 15 is 0 Å². The lowest BCUT2D eigenvalue weighted by molar-refractivity contribution is -0.138. The van der Waals surface area contributed by atoms with Crippen molar-refractivity contribution in [2.24, 2.45) is 13.0 Å². The summed E-state index contributed by atoms with van der Waals surface area (Å²) in [6.07, 6.45) is -0.859. The Kier molecular flexibility index (Phi) is 4.80. The maximum absolute atomic E-state index is 13.0. The molecule has 1 amide bonds. The summed E-state index contributed by atoms with van der Waals surface area (Å²) in [5.74, 6) is -0.621. The van der Waals surface area contributed by atoms with E-state index in [-0.39, 0.29) is 29.9 Å². The van der Waals surface area contributed by atoms with Crippen LogP contribution in [0.2, 0.25) is 0 Å². The topological polar surface area (TPSA) is 59.0 Å². The number of rotatable bonds is 4. The molecule has 2 aromatic rings. The molecule has 134 valence electrons. The summed E-state index contributed by atoms with van der Waals surface area (Å²) in [5, 5.41) is 9.94. The average molecular weight is 352 g/mol. The van der Waals surface area contributed by atoms with Gasteiger partial charge in [0, 0.05) is 38.8 Å². The van der Waals surface area contributed by atoms with Crippen LogP contribution in [0.3, 0.4) is 0 Å². The molecule has 0 aliphatic carbocycles. The van der Waals surface area contributed by atoms with E-state index in [2.05, 4.69) is 15.7 Å². The van der Waals surface area contributed by atoms with Crippen molar-refractivity contribution >= 4 is 5.91 Å². The molecule has 0 spiro atoms. The molecule has 1 aromatic heterocycles. The van der Waals surface area contributed by atoms with Crippen molar-refractivity contribution < 1.29 is 18.0 Å². The number of hydrogen-bond acceptors (Lipinski definition) is 3. The average Bonchev–Trinajstić information content (AvgIpc) is 3.20. The molecule has 2 heterocycles. The number of carbonyl (C=O) groups excluding carboxylic acids is 1. The first kappa shape index (κ1) is 17.5. The molecule has 2 N–H and O–H groups in total. The maximum Gasteiger partial charge on any atom is 0.416 e. The normalized spacial score (nSPS) is 20.6. The van der Waals surface area contributed by atoms with E-state index in [0.29, 0.717) is 13.1 Å². The lowest BCUT2D eigenvalue weighted by atomic mass is 9.90. The van der Waals surface area contributed by atoms with Gasteiger partial charge < -0.3 is 10.6 Å². The molecule has 0 radical (unpaired) electrons. The van der Waals surface area contributed by atoms with Gasteiger partial charge in [0.1, 0.15) is 0 Å². The Balaban J connectivity index is 1.69. The number of amides is 1. The van der Waals surface area contributed by atoms with Gasteiger partial charge >= 0.3 is 6.18 Å². The van der Waals surface area contributed by atoms with E-state index in [0.717, 1.165) is 11.6 Å². The van der Waals surface area contributed by atoms with Gasteiger partial charge in [0.05, 0.1) is 17.7 Å². The number of aromatic nitrogens is 2. The second kappa shape index (κ2) is 6.87. The number of hydrogen-bond donors (Lipinski definition) is 2. The maximum atomic E-state index is 13.0. The number of nitrogens with zero attached hydrogens (tertiary/aromatic N) is 2. The Hall–Kier alpha value is -2.35. The van der Waals surface area contributed by atoms with Gasteiger partial charge in [-0.05, 0) is 17.2 Å². The molecule has 0 unspecified atom stereocenters. The quantitative estimate of drug-likeness (QED) is 0.886. The summed E-state index contributed by atoms with van der Waals surface area (Å²) in [4.78, 5) is 12.5. The second-order valence-corrected chi connectivity index (χ2v) is 6.19. The van der Waals surface area contributed by atoms with Gasteiger partial charge in [0.25, 0.3) is 0 Å². The van der Waals surface area contributed by atoms with Crippen molar-refractivity contribution in [2.75, 3.05) is 13.1 Å². The number of nitrogens with one attached hydrogen (secondary N) is 2. The minimum atomic E-state index is -4.44. The van der Waals surface area contributed by atoms with Crippen molar-refractivity contribution in [3.63, 3.8) is 0 Å². The highest BCUT2D eigenvalue weighted by Gasteiger charge is 2.36. The molecule has 5 nitrogen and oxygen atoms in total. The lowest BCUT2D eigenvalue weighted by Gasteiger charge is -2.18. The van der Waals surface area contributed by atoms with Gasteiger partial charge in [0.2, 0.25) is 5.91 Å². The zero-order valence-corrected chi connectivity index (χ0v) is 13.7. The van der Waals surface area contributed by atoms with Crippen LogP contribution in [0.5, 0.6) is 0 Å². The van der Waals surface area contributed by atoms with Crippen molar-refractivity contribution in [2.45, 2.75) is 18.6 Å². The highest BCUT2D eigenvalue weighted by molar-refractivity contribution is 5.80. The lowest BCUT2D eigenvalue weighted by Crippen LogP contribution is -2.34. The van der Waals surface area contributed by atoms with E-state index < -0.39 is 11.7 Å². The molecule has 2 atom stereocenters. The van der Waals surface area contributed by atoms with Crippen LogP contribution in [0, 0.1) is 5.92 Å². The number of halogens is 3. The van der Waals surface area contributed by atoms with E-state index in [1.165, 1.54) is 18.2 Å². The Morgan fingerprint density at radius 3 is 2.80 bits per heavy atom. The van der Waals surface area contributed by atoms with Crippen LogP contribution in [0.1, 0.15) is 22.6 Å². The fourth-order valence-electron chi connectivity index (χ4n) is 3.20. The Morgan fingerprint density at radius 1 is 1.36 bits per heavy atom. The third-order valence-electron chi connectivity index (χ3n) is 4.48. The largest absolute Gasteiger partial charge is 0.416 e. The molecular formula is C17H19F3N4O. The van der Waals surface area contributed by atoms with Crippen LogP contribution in [-0.4, -0.2) is 28.8 Å². The summed E-state index contributed by atoms with van der Waals surface area (Å²) in [6.45, 7) is 0.986. The first-order valence-corrected chi connectivity index (χ1v) is 7.98. The summed E-state index contributed by atoms with van der Waals surface area (Å²) in [5.41, 5.74) is 0.291. The Morgan fingerprint density at radius 2 is 2.12 bits per heavy atom. The van der Waals surface area contributed by atoms with E-state index in [4.69, 9.17) is 0 Å². The molecule has 1 saturated heterocycles. The van der Waals surface area contributed by atoms with Gasteiger partial charge in [-0.15, -0.1) is 0 Å². The summed E-state index contributed by atoms with van der Waals surface area (Å²) in [7, 11) is 1.80. The third kappa shape index (κ3) is 3.84. The zero-order chi connectivity index (χ0) is 18.0. The predicted molar refractivity (Wildman–Crippen MR) is 85.6 cm³/mol. The van der Waals surface area contributed by atoms with Crippen LogP contribution < -0.4 is 10.6 Å². The van der Waals surface area contributed by atoms with Crippen molar-refractivity contribution in [3.8, 4) is 0 Å². The minimum Gasteiger partial charge on any atom is -0.352 e. The molecule has 1 aromatic carbocycles. The van der Waals surface area contributed by atoms with Crippen molar-refractivity contribution in [1.82, 2.24) is 20.4 Å². The van der Waals surface area contributed by atoms with Gasteiger partial charge in [-0.3, -0.25) is 9.48 Å². The first-order chi connectivity index (χ1) is 11.9. The first-order valence-electron chi connectivity index (χ1n) is 7.98. The van der Waals surface area contributed by atoms with E-state index in [1.54, 1.807) is 17.9 Å². The SMILES string of the molecule is Cn1cc([C@H]2CNC[C@@H]2C(=O)NCc2ccccc2C(F)(F)F)cn1. The van der Waals surface area contributed by atoms with Crippen LogP contribution >= 0.6 is 0 Å². The van der Waals surface area contributed by atoms with Crippen molar-refractivity contribution in [1.29, 1.82) is 0 Å². The fraction of sp³-hybridized carbons (Fsp3) is 0.412. The van der Waals surface area contributed by atoms with Crippen LogP contribution in [0.25, 0.3) is 0 Å². The molecular weight excluding hydrogens is 333 g/mol. The van der Waals surface area contributed by atoms with Crippen molar-refractivity contribution in [3.05, 3.63) is 53.3 Å². The van der Waals surface area contributed by atoms with Gasteiger partial charge in [-0.2, -0.15) is 18.3 Å². The molecule has 1 aliphatic heterocycles. The van der Waals surface area contributed by atoms with Crippen LogP contribution in [0.4, 0.5) is 13.2 Å². The van der Waals surface area contributed by atoms with Gasteiger partial charge in [0.15, 0.2) is 0 Å². The molecule has 0 bridgehead atoms. The molecule has 25 heavy (non-hydrogen) atoms. The predicted octanol–water partition coefficient (Wildman–Crippen LogP) is 2.06. The second-order valence-electron chi connectivity index (χ2n) is 6.19. The van der Waals surface area contributed by atoms with E-state index in [9.17, 15) is 18.0 Å². The molecule has 1 aliphatic rings. The molecule has 1 fully saturated rings. The number of aryl methyl sites for hydroxylation is 1.